The van der Waals surface area contributed by atoms with Gasteiger partial charge < -0.3 is 20.3 Å². The Balaban J connectivity index is 1.98. The number of nitrogens with zero attached hydrogens (tertiary/aromatic N) is 2. The van der Waals surface area contributed by atoms with E-state index in [0.717, 1.165) is 24.5 Å². The maximum atomic E-state index is 12.4. The van der Waals surface area contributed by atoms with Crippen molar-refractivity contribution in [3.8, 4) is 5.75 Å². The molecule has 1 unspecified atom stereocenters. The molecule has 0 saturated carbocycles. The van der Waals surface area contributed by atoms with E-state index in [1.807, 2.05) is 36.9 Å². The summed E-state index contributed by atoms with van der Waals surface area (Å²) in [4.78, 5) is 16.5. The van der Waals surface area contributed by atoms with Crippen molar-refractivity contribution in [2.45, 2.75) is 25.8 Å². The van der Waals surface area contributed by atoms with Crippen LogP contribution in [0.4, 0.5) is 5.69 Å². The van der Waals surface area contributed by atoms with Crippen LogP contribution in [0.3, 0.4) is 0 Å². The molecule has 2 rings (SSSR count). The Kier molecular flexibility index (Phi) is 4.73. The molecule has 0 spiro atoms. The maximum Gasteiger partial charge on any atom is 0.242 e. The molecule has 0 radical (unpaired) electrons. The molecule has 1 fully saturated rings. The number of piperazine rings is 1. The highest BCUT2D eigenvalue weighted by Crippen LogP contribution is 2.22. The van der Waals surface area contributed by atoms with E-state index in [9.17, 15) is 4.79 Å². The third-order valence-corrected chi connectivity index (χ3v) is 4.21. The van der Waals surface area contributed by atoms with Crippen molar-refractivity contribution in [1.29, 1.82) is 0 Å². The molecule has 5 heteroatoms. The largest absolute Gasteiger partial charge is 0.497 e. The first-order valence-corrected chi connectivity index (χ1v) is 7.45. The fourth-order valence-electron chi connectivity index (χ4n) is 2.49. The summed E-state index contributed by atoms with van der Waals surface area (Å²) in [6, 6.07) is 8.01. The van der Waals surface area contributed by atoms with Gasteiger partial charge in [0.25, 0.3) is 0 Å². The molecule has 0 aliphatic carbocycles. The molecule has 0 bridgehead atoms. The predicted octanol–water partition coefficient (Wildman–Crippen LogP) is 1.47. The normalized spacial score (nSPS) is 18.3. The highest BCUT2D eigenvalue weighted by atomic mass is 16.5. The lowest BCUT2D eigenvalue weighted by Gasteiger charge is -2.39. The van der Waals surface area contributed by atoms with E-state index in [-0.39, 0.29) is 5.91 Å². The van der Waals surface area contributed by atoms with E-state index < -0.39 is 5.54 Å². The van der Waals surface area contributed by atoms with E-state index >= 15 is 0 Å². The molecule has 1 aliphatic rings. The third kappa shape index (κ3) is 3.47. The van der Waals surface area contributed by atoms with Crippen molar-refractivity contribution >= 4 is 11.6 Å². The first-order chi connectivity index (χ1) is 9.97. The minimum atomic E-state index is -0.752. The summed E-state index contributed by atoms with van der Waals surface area (Å²) in [6.45, 7) is 6.82. The van der Waals surface area contributed by atoms with Gasteiger partial charge in [-0.1, -0.05) is 13.0 Å². The number of rotatable bonds is 4. The second-order valence-corrected chi connectivity index (χ2v) is 5.75. The zero-order valence-corrected chi connectivity index (χ0v) is 13.1. The topological polar surface area (TPSA) is 58.8 Å². The molecule has 1 heterocycles. The van der Waals surface area contributed by atoms with Crippen molar-refractivity contribution < 1.29 is 9.53 Å². The molecule has 0 aromatic heterocycles. The van der Waals surface area contributed by atoms with Gasteiger partial charge in [-0.2, -0.15) is 0 Å². The van der Waals surface area contributed by atoms with Crippen LogP contribution in [0, 0.1) is 0 Å². The van der Waals surface area contributed by atoms with Crippen molar-refractivity contribution in [2.24, 2.45) is 5.73 Å². The zero-order valence-electron chi connectivity index (χ0n) is 13.1. The van der Waals surface area contributed by atoms with Crippen molar-refractivity contribution in [3.05, 3.63) is 24.3 Å². The molecule has 116 valence electrons. The quantitative estimate of drug-likeness (QED) is 0.912. The maximum absolute atomic E-state index is 12.4. The Bertz CT molecular complexity index is 494. The van der Waals surface area contributed by atoms with Crippen molar-refractivity contribution in [3.63, 3.8) is 0 Å². The van der Waals surface area contributed by atoms with E-state index in [1.54, 1.807) is 7.11 Å². The molecule has 1 saturated heterocycles. The fourth-order valence-corrected chi connectivity index (χ4v) is 2.49. The van der Waals surface area contributed by atoms with Crippen molar-refractivity contribution in [2.75, 3.05) is 38.2 Å². The molecule has 1 atom stereocenters. The average molecular weight is 291 g/mol. The third-order valence-electron chi connectivity index (χ3n) is 4.21. The molecular formula is C16H25N3O2. The summed E-state index contributed by atoms with van der Waals surface area (Å²) in [7, 11) is 1.67. The molecule has 5 nitrogen and oxygen atoms in total. The van der Waals surface area contributed by atoms with Gasteiger partial charge in [-0.25, -0.2) is 0 Å². The Labute approximate surface area is 126 Å². The van der Waals surface area contributed by atoms with Crippen LogP contribution in [-0.2, 0) is 4.79 Å². The summed E-state index contributed by atoms with van der Waals surface area (Å²) in [5.41, 5.74) is 6.43. The van der Waals surface area contributed by atoms with Gasteiger partial charge in [-0.15, -0.1) is 0 Å². The van der Waals surface area contributed by atoms with Crippen LogP contribution in [0.1, 0.15) is 20.3 Å². The summed E-state index contributed by atoms with van der Waals surface area (Å²) >= 11 is 0. The van der Waals surface area contributed by atoms with Gasteiger partial charge in [-0.05, 0) is 25.5 Å². The highest BCUT2D eigenvalue weighted by Gasteiger charge is 2.32. The number of hydrogen-bond donors (Lipinski definition) is 1. The molecule has 1 aliphatic heterocycles. The molecule has 1 aromatic carbocycles. The number of carbonyl (C=O) groups is 1. The Morgan fingerprint density at radius 2 is 2.00 bits per heavy atom. The summed E-state index contributed by atoms with van der Waals surface area (Å²) in [5.74, 6) is 0.904. The van der Waals surface area contributed by atoms with E-state index in [4.69, 9.17) is 10.5 Å². The fraction of sp³-hybridized carbons (Fsp3) is 0.562. The van der Waals surface area contributed by atoms with Crippen LogP contribution < -0.4 is 15.4 Å². The first-order valence-electron chi connectivity index (χ1n) is 7.45. The average Bonchev–Trinajstić information content (AvgIpc) is 2.54. The SMILES string of the molecule is CCC(C)(N)C(=O)N1CCN(c2cccc(OC)c2)CC1. The number of hydrogen-bond acceptors (Lipinski definition) is 4. The van der Waals surface area contributed by atoms with Crippen molar-refractivity contribution in [1.82, 2.24) is 4.90 Å². The van der Waals surface area contributed by atoms with Crippen LogP contribution in [0.2, 0.25) is 0 Å². The van der Waals surface area contributed by atoms with Crippen LogP contribution in [0.5, 0.6) is 5.75 Å². The minimum absolute atomic E-state index is 0.0512. The number of benzene rings is 1. The van der Waals surface area contributed by atoms with Gasteiger partial charge in [0.2, 0.25) is 5.91 Å². The van der Waals surface area contributed by atoms with Crippen LogP contribution in [0.25, 0.3) is 0 Å². The summed E-state index contributed by atoms with van der Waals surface area (Å²) in [6.07, 6.45) is 0.655. The minimum Gasteiger partial charge on any atom is -0.497 e. The van der Waals surface area contributed by atoms with Crippen LogP contribution in [0.15, 0.2) is 24.3 Å². The first kappa shape index (κ1) is 15.6. The number of nitrogens with two attached hydrogens (primary N) is 1. The smallest absolute Gasteiger partial charge is 0.242 e. The molecule has 1 aromatic rings. The number of ether oxygens (including phenoxy) is 1. The Morgan fingerprint density at radius 1 is 1.33 bits per heavy atom. The number of anilines is 1. The van der Waals surface area contributed by atoms with Crippen LogP contribution >= 0.6 is 0 Å². The second kappa shape index (κ2) is 6.35. The lowest BCUT2D eigenvalue weighted by molar-refractivity contribution is -0.136. The van der Waals surface area contributed by atoms with E-state index in [1.165, 1.54) is 0 Å². The van der Waals surface area contributed by atoms with Gasteiger partial charge in [0, 0.05) is 37.9 Å². The lowest BCUT2D eigenvalue weighted by Crippen LogP contribution is -2.58. The molecular weight excluding hydrogens is 266 g/mol. The van der Waals surface area contributed by atoms with Gasteiger partial charge in [0.1, 0.15) is 5.75 Å². The van der Waals surface area contributed by atoms with Gasteiger partial charge in [0.15, 0.2) is 0 Å². The van der Waals surface area contributed by atoms with Gasteiger partial charge in [0.05, 0.1) is 12.6 Å². The summed E-state index contributed by atoms with van der Waals surface area (Å²) in [5, 5.41) is 0. The predicted molar refractivity (Wildman–Crippen MR) is 84.7 cm³/mol. The Morgan fingerprint density at radius 3 is 2.57 bits per heavy atom. The van der Waals surface area contributed by atoms with E-state index in [2.05, 4.69) is 11.0 Å². The second-order valence-electron chi connectivity index (χ2n) is 5.75. The molecule has 21 heavy (non-hydrogen) atoms. The Hall–Kier alpha value is -1.75. The summed E-state index contributed by atoms with van der Waals surface area (Å²) < 4.78 is 5.26. The lowest BCUT2D eigenvalue weighted by atomic mass is 9.98. The number of amides is 1. The standard InChI is InChI=1S/C16H25N3O2/c1-4-16(2,17)15(20)19-10-8-18(9-11-19)13-6-5-7-14(12-13)21-3/h5-7,12H,4,8-11,17H2,1-3H3. The molecule has 2 N–H and O–H groups in total. The highest BCUT2D eigenvalue weighted by molar-refractivity contribution is 5.85. The molecule has 1 amide bonds. The van der Waals surface area contributed by atoms with Gasteiger partial charge >= 0.3 is 0 Å². The number of methoxy groups -OCH3 is 1. The van der Waals surface area contributed by atoms with Gasteiger partial charge in [-0.3, -0.25) is 4.79 Å². The van der Waals surface area contributed by atoms with Crippen LogP contribution in [-0.4, -0.2) is 49.6 Å². The van der Waals surface area contributed by atoms with E-state index in [0.29, 0.717) is 19.5 Å². The monoisotopic (exact) mass is 291 g/mol. The number of carbonyl (C=O) groups excluding carboxylic acids is 1. The zero-order chi connectivity index (χ0) is 15.5.